The highest BCUT2D eigenvalue weighted by atomic mass is 15.4. The van der Waals surface area contributed by atoms with Gasteiger partial charge in [-0.1, -0.05) is 221 Å². The largest absolute Gasteiger partial charge is 0.247 e. The fraction of sp³-hybridized carbons (Fsp3) is 0.433. The molecule has 0 bridgehead atoms. The van der Waals surface area contributed by atoms with Gasteiger partial charge in [-0.2, -0.15) is 0 Å². The smallest absolute Gasteiger partial charge is 0.156 e. The number of rotatable bonds is 5. The molecule has 4 aromatic carbocycles. The van der Waals surface area contributed by atoms with E-state index in [2.05, 4.69) is 249 Å². The molecule has 0 fully saturated rings. The summed E-state index contributed by atoms with van der Waals surface area (Å²) in [5.74, 6) is 25.3. The van der Waals surface area contributed by atoms with Gasteiger partial charge in [0.1, 0.15) is 5.41 Å². The van der Waals surface area contributed by atoms with Crippen molar-refractivity contribution in [2.75, 3.05) is 0 Å². The maximum absolute atomic E-state index is 4.23. The quantitative estimate of drug-likeness (QED) is 0.130. The van der Waals surface area contributed by atoms with Crippen LogP contribution in [-0.4, -0.2) is 15.0 Å². The van der Waals surface area contributed by atoms with Crippen LogP contribution in [0.4, 0.5) is 0 Å². The summed E-state index contributed by atoms with van der Waals surface area (Å²) in [6.07, 6.45) is 1.83. The zero-order valence-corrected chi connectivity index (χ0v) is 41.7. The van der Waals surface area contributed by atoms with Gasteiger partial charge < -0.3 is 0 Å². The summed E-state index contributed by atoms with van der Waals surface area (Å²) in [7, 11) is 0. The minimum absolute atomic E-state index is 0.116. The van der Waals surface area contributed by atoms with E-state index in [1.165, 1.54) is 33.4 Å². The fourth-order valence-electron chi connectivity index (χ4n) is 7.40. The maximum atomic E-state index is 4.23. The van der Waals surface area contributed by atoms with Crippen molar-refractivity contribution in [2.24, 2.45) is 0 Å². The van der Waals surface area contributed by atoms with E-state index < -0.39 is 5.41 Å². The second-order valence-corrected chi connectivity index (χ2v) is 23.4. The highest BCUT2D eigenvalue weighted by Crippen LogP contribution is 2.47. The van der Waals surface area contributed by atoms with Crippen LogP contribution in [0.25, 0.3) is 0 Å². The molecule has 0 saturated carbocycles. The Morgan fingerprint density at radius 3 is 1.06 bits per heavy atom. The van der Waals surface area contributed by atoms with E-state index in [9.17, 15) is 0 Å². The predicted molar refractivity (Wildman–Crippen MR) is 267 cm³/mol. The first-order chi connectivity index (χ1) is 29.0. The van der Waals surface area contributed by atoms with Crippen LogP contribution in [0.5, 0.6) is 0 Å². The molecule has 0 aliphatic rings. The lowest BCUT2D eigenvalue weighted by Crippen LogP contribution is -2.32. The van der Waals surface area contributed by atoms with Gasteiger partial charge in [-0.05, 0) is 130 Å². The average molecular weight is 834 g/mol. The highest BCUT2D eigenvalue weighted by Gasteiger charge is 2.40. The van der Waals surface area contributed by atoms with Crippen molar-refractivity contribution in [3.63, 3.8) is 0 Å². The Balaban J connectivity index is 1.86. The van der Waals surface area contributed by atoms with E-state index in [1.807, 2.05) is 24.4 Å². The number of hydrogen-bond donors (Lipinski definition) is 0. The molecule has 5 rings (SSSR count). The third-order valence-electron chi connectivity index (χ3n) is 11.8. The molecule has 0 saturated heterocycles. The zero-order valence-electron chi connectivity index (χ0n) is 41.7. The molecule has 1 aromatic heterocycles. The second kappa shape index (κ2) is 17.8. The topological polar surface area (TPSA) is 30.7 Å². The van der Waals surface area contributed by atoms with E-state index in [4.69, 9.17) is 0 Å². The van der Waals surface area contributed by atoms with Gasteiger partial charge in [0.2, 0.25) is 0 Å². The lowest BCUT2D eigenvalue weighted by atomic mass is 9.64. The van der Waals surface area contributed by atoms with E-state index in [0.717, 1.165) is 22.3 Å². The van der Waals surface area contributed by atoms with E-state index in [-0.39, 0.29) is 32.5 Å². The van der Waals surface area contributed by atoms with Gasteiger partial charge in [0, 0.05) is 0 Å². The van der Waals surface area contributed by atoms with Crippen LogP contribution in [0.1, 0.15) is 186 Å². The molecule has 63 heavy (non-hydrogen) atoms. The normalized spacial score (nSPS) is 12.5. The van der Waals surface area contributed by atoms with E-state index in [0.29, 0.717) is 12.2 Å². The monoisotopic (exact) mass is 834 g/mol. The number of benzene rings is 4. The molecule has 0 atom stereocenters. The molecule has 0 amide bonds. The third kappa shape index (κ3) is 12.0. The molecule has 3 heteroatoms. The second-order valence-electron chi connectivity index (χ2n) is 23.4. The van der Waals surface area contributed by atoms with Gasteiger partial charge >= 0.3 is 0 Å². The number of nitrogens with zero attached hydrogens (tertiary/aromatic N) is 3. The minimum Gasteiger partial charge on any atom is -0.247 e. The Hall–Kier alpha value is -5.74. The molecule has 1 heterocycles. The number of aromatic nitrogens is 3. The van der Waals surface area contributed by atoms with Crippen molar-refractivity contribution in [1.82, 2.24) is 15.0 Å². The standard InChI is InChI=1S/C60H71N3/c1-54(2,3)44-32-45(55(4,5)6)36-50(35-44)60(51-37-46(56(7,8)9)33-47(38-51)57(10,11)12,52-39-48(58(13,14)15)34-49(40-52)59(16,17)18)31-27-22-20-19-21-26-30-53-42-63(62-61-53)41-43-28-24-23-25-29-43/h23-25,28-29,32-40,42H,41H2,1-18H3. The third-order valence-corrected chi connectivity index (χ3v) is 11.8. The van der Waals surface area contributed by atoms with Gasteiger partial charge in [0.25, 0.3) is 0 Å². The van der Waals surface area contributed by atoms with Crippen LogP contribution >= 0.6 is 0 Å². The van der Waals surface area contributed by atoms with Crippen molar-refractivity contribution in [1.29, 1.82) is 0 Å². The maximum Gasteiger partial charge on any atom is 0.156 e. The molecular formula is C60H71N3. The molecule has 326 valence electrons. The summed E-state index contributed by atoms with van der Waals surface area (Å²) < 4.78 is 1.78. The van der Waals surface area contributed by atoms with Crippen LogP contribution < -0.4 is 0 Å². The summed E-state index contributed by atoms with van der Waals surface area (Å²) in [5.41, 5.74) is 11.2. The van der Waals surface area contributed by atoms with Crippen molar-refractivity contribution in [3.05, 3.63) is 152 Å². The van der Waals surface area contributed by atoms with Gasteiger partial charge in [-0.25, -0.2) is 4.68 Å². The first-order valence-corrected chi connectivity index (χ1v) is 22.4. The molecule has 0 unspecified atom stereocenters. The minimum atomic E-state index is -0.919. The van der Waals surface area contributed by atoms with Crippen LogP contribution in [0.15, 0.2) is 91.1 Å². The summed E-state index contributed by atoms with van der Waals surface area (Å²) in [6, 6.07) is 31.9. The van der Waals surface area contributed by atoms with Crippen molar-refractivity contribution in [3.8, 4) is 47.4 Å². The fourth-order valence-corrected chi connectivity index (χ4v) is 7.40. The predicted octanol–water partition coefficient (Wildman–Crippen LogP) is 13.5. The first-order valence-electron chi connectivity index (χ1n) is 22.4. The first kappa shape index (κ1) is 48.3. The van der Waals surface area contributed by atoms with Gasteiger partial charge in [-0.15, -0.1) is 5.10 Å². The van der Waals surface area contributed by atoms with Crippen LogP contribution in [0, 0.1) is 47.4 Å². The molecule has 5 aromatic rings. The lowest BCUT2D eigenvalue weighted by Gasteiger charge is -2.38. The van der Waals surface area contributed by atoms with E-state index in [1.54, 1.807) is 4.68 Å². The Morgan fingerprint density at radius 2 is 0.714 bits per heavy atom. The van der Waals surface area contributed by atoms with Crippen molar-refractivity contribution < 1.29 is 0 Å². The Kier molecular flexibility index (Phi) is 13.6. The lowest BCUT2D eigenvalue weighted by molar-refractivity contribution is 0.558. The van der Waals surface area contributed by atoms with Gasteiger partial charge in [0.15, 0.2) is 5.69 Å². The highest BCUT2D eigenvalue weighted by molar-refractivity contribution is 5.64. The summed E-state index contributed by atoms with van der Waals surface area (Å²) in [5, 5.41) is 8.44. The van der Waals surface area contributed by atoms with Crippen molar-refractivity contribution in [2.45, 2.75) is 169 Å². The van der Waals surface area contributed by atoms with Crippen LogP contribution in [-0.2, 0) is 44.4 Å². The summed E-state index contributed by atoms with van der Waals surface area (Å²) in [6.45, 7) is 42.2. The molecule has 0 radical (unpaired) electrons. The van der Waals surface area contributed by atoms with Gasteiger partial charge in [0.05, 0.1) is 12.7 Å². The molecule has 0 spiro atoms. The molecule has 0 aliphatic carbocycles. The number of hydrogen-bond acceptors (Lipinski definition) is 2. The van der Waals surface area contributed by atoms with Crippen LogP contribution in [0.3, 0.4) is 0 Å². The van der Waals surface area contributed by atoms with E-state index >= 15 is 0 Å². The summed E-state index contributed by atoms with van der Waals surface area (Å²) in [4.78, 5) is 0. The Labute approximate surface area is 382 Å². The average Bonchev–Trinajstić information content (AvgIpc) is 3.62. The van der Waals surface area contributed by atoms with Crippen molar-refractivity contribution >= 4 is 0 Å². The Morgan fingerprint density at radius 1 is 0.397 bits per heavy atom. The molecule has 3 nitrogen and oxygen atoms in total. The zero-order chi connectivity index (χ0) is 46.8. The molecular weight excluding hydrogens is 763 g/mol. The SMILES string of the molecule is CC(C)(C)c1cc(C(C)(C)C)cc(C(C#CC#CC#CC#Cc2cn(Cc3ccccc3)nn2)(c2cc(C(C)(C)C)cc(C(C)(C)C)c2)c2cc(C(C)(C)C)cc(C(C)(C)C)c2)c1. The molecule has 0 aliphatic heterocycles. The van der Waals surface area contributed by atoms with Gasteiger partial charge in [-0.3, -0.25) is 0 Å². The summed E-state index contributed by atoms with van der Waals surface area (Å²) >= 11 is 0. The molecule has 0 N–H and O–H groups in total. The van der Waals surface area contributed by atoms with Crippen LogP contribution in [0.2, 0.25) is 0 Å². The Bertz CT molecular complexity index is 2420.